The molecule has 0 bridgehead atoms. The normalized spacial score (nSPS) is 12.7. The molecule has 0 amide bonds. The summed E-state index contributed by atoms with van der Waals surface area (Å²) in [6, 6.07) is 10.2. The molecule has 1 N–H and O–H groups in total. The van der Waals surface area contributed by atoms with Crippen molar-refractivity contribution in [2.45, 2.75) is 26.4 Å². The minimum Gasteiger partial charge on any atom is -0.387 e. The maximum Gasteiger partial charge on any atom is 0.0922 e. The van der Waals surface area contributed by atoms with Crippen LogP contribution in [0.5, 0.6) is 0 Å². The Kier molecular flexibility index (Phi) is 4.02. The van der Waals surface area contributed by atoms with Gasteiger partial charge in [-0.3, -0.25) is 0 Å². The molecule has 0 aliphatic heterocycles. The van der Waals surface area contributed by atoms with Crippen molar-refractivity contribution in [1.82, 2.24) is 0 Å². The highest BCUT2D eigenvalue weighted by atomic mass is 79.9. The van der Waals surface area contributed by atoms with Crippen LogP contribution >= 0.6 is 27.3 Å². The highest BCUT2D eigenvalue weighted by Gasteiger charge is 2.13. The predicted octanol–water partition coefficient (Wildman–Crippen LogP) is 4.40. The molecular weight excluding hydrogens is 296 g/mol. The van der Waals surface area contributed by atoms with E-state index in [9.17, 15) is 5.11 Å². The Morgan fingerprint density at radius 3 is 2.59 bits per heavy atom. The largest absolute Gasteiger partial charge is 0.387 e. The lowest BCUT2D eigenvalue weighted by Gasteiger charge is -2.10. The van der Waals surface area contributed by atoms with Gasteiger partial charge in [0.15, 0.2) is 0 Å². The highest BCUT2D eigenvalue weighted by molar-refractivity contribution is 9.10. The summed E-state index contributed by atoms with van der Waals surface area (Å²) in [5.74, 6) is 0. The van der Waals surface area contributed by atoms with Crippen LogP contribution in [0.3, 0.4) is 0 Å². The number of rotatable bonds is 3. The van der Waals surface area contributed by atoms with Gasteiger partial charge < -0.3 is 5.11 Å². The van der Waals surface area contributed by atoms with E-state index in [4.69, 9.17) is 0 Å². The third-order valence-corrected chi connectivity index (χ3v) is 5.12. The first kappa shape index (κ1) is 12.8. The molecule has 1 heterocycles. The summed E-state index contributed by atoms with van der Waals surface area (Å²) >= 11 is 5.13. The molecule has 1 aromatic carbocycles. The zero-order valence-electron chi connectivity index (χ0n) is 9.90. The van der Waals surface area contributed by atoms with Gasteiger partial charge in [-0.15, -0.1) is 11.3 Å². The van der Waals surface area contributed by atoms with E-state index in [2.05, 4.69) is 41.9 Å². The van der Waals surface area contributed by atoms with Crippen LogP contribution in [-0.4, -0.2) is 5.11 Å². The average molecular weight is 311 g/mol. The van der Waals surface area contributed by atoms with Crippen molar-refractivity contribution in [2.75, 3.05) is 0 Å². The maximum atomic E-state index is 10.2. The smallest absolute Gasteiger partial charge is 0.0922 e. The number of aliphatic hydroxyl groups is 1. The first-order chi connectivity index (χ1) is 8.08. The Bertz CT molecular complexity index is 499. The number of hydrogen-bond donors (Lipinski definition) is 1. The lowest BCUT2D eigenvalue weighted by molar-refractivity contribution is 0.182. The zero-order valence-corrected chi connectivity index (χ0v) is 12.3. The molecule has 17 heavy (non-hydrogen) atoms. The van der Waals surface area contributed by atoms with Gasteiger partial charge in [-0.25, -0.2) is 0 Å². The Morgan fingerprint density at radius 1 is 1.29 bits per heavy atom. The average Bonchev–Trinajstić information content (AvgIpc) is 2.63. The van der Waals surface area contributed by atoms with E-state index in [-0.39, 0.29) is 0 Å². The van der Waals surface area contributed by atoms with Crippen molar-refractivity contribution in [2.24, 2.45) is 0 Å². The molecule has 0 saturated carbocycles. The molecule has 1 aromatic heterocycles. The molecule has 1 nitrogen and oxygen atoms in total. The Hall–Kier alpha value is -0.640. The van der Waals surface area contributed by atoms with E-state index in [1.807, 2.05) is 18.2 Å². The zero-order chi connectivity index (χ0) is 12.4. The highest BCUT2D eigenvalue weighted by Crippen LogP contribution is 2.32. The van der Waals surface area contributed by atoms with Gasteiger partial charge in [0, 0.05) is 20.6 Å². The minimum absolute atomic E-state index is 0.411. The summed E-state index contributed by atoms with van der Waals surface area (Å²) in [6.07, 6.45) is 0.269. The quantitative estimate of drug-likeness (QED) is 0.890. The first-order valence-corrected chi connectivity index (χ1v) is 7.17. The van der Waals surface area contributed by atoms with E-state index in [1.54, 1.807) is 11.3 Å². The van der Waals surface area contributed by atoms with Crippen LogP contribution in [0.25, 0.3) is 0 Å². The minimum atomic E-state index is -0.411. The molecule has 90 valence electrons. The van der Waals surface area contributed by atoms with Gasteiger partial charge in [-0.1, -0.05) is 24.3 Å². The summed E-state index contributed by atoms with van der Waals surface area (Å²) in [5, 5.41) is 10.2. The Labute approximate surface area is 114 Å². The van der Waals surface area contributed by atoms with Crippen LogP contribution < -0.4 is 0 Å². The Morgan fingerprint density at radius 2 is 2.00 bits per heavy atom. The molecule has 0 radical (unpaired) electrons. The third kappa shape index (κ3) is 2.97. The second-order valence-corrected chi connectivity index (χ2v) is 6.34. The molecule has 1 unspecified atom stereocenters. The number of hydrogen-bond acceptors (Lipinski definition) is 2. The standard InChI is InChI=1S/C14H15BrOS/c1-9-5-3-4-6-11(9)7-13(16)14-8-12(15)10(2)17-14/h3-6,8,13,16H,7H2,1-2H3. The van der Waals surface area contributed by atoms with Gasteiger partial charge in [0.2, 0.25) is 0 Å². The van der Waals surface area contributed by atoms with Crippen molar-refractivity contribution in [3.05, 3.63) is 55.7 Å². The van der Waals surface area contributed by atoms with Gasteiger partial charge in [0.1, 0.15) is 0 Å². The van der Waals surface area contributed by atoms with Gasteiger partial charge in [-0.05, 0) is 47.0 Å². The molecule has 0 aliphatic carbocycles. The molecule has 0 saturated heterocycles. The summed E-state index contributed by atoms with van der Waals surface area (Å²) in [4.78, 5) is 2.24. The van der Waals surface area contributed by atoms with Crippen LogP contribution in [0.1, 0.15) is 27.0 Å². The number of aliphatic hydroxyl groups excluding tert-OH is 1. The fourth-order valence-corrected chi connectivity index (χ4v) is 3.34. The molecule has 1 atom stereocenters. The second kappa shape index (κ2) is 5.34. The van der Waals surface area contributed by atoms with E-state index in [0.29, 0.717) is 6.42 Å². The maximum absolute atomic E-state index is 10.2. The number of halogens is 1. The molecule has 0 fully saturated rings. The van der Waals surface area contributed by atoms with Crippen molar-refractivity contribution in [3.63, 3.8) is 0 Å². The molecule has 0 aliphatic rings. The number of aryl methyl sites for hydroxylation is 2. The van der Waals surface area contributed by atoms with Crippen LogP contribution in [0.15, 0.2) is 34.8 Å². The lowest BCUT2D eigenvalue weighted by Crippen LogP contribution is -2.01. The summed E-state index contributed by atoms with van der Waals surface area (Å²) < 4.78 is 1.08. The van der Waals surface area contributed by atoms with Gasteiger partial charge >= 0.3 is 0 Å². The van der Waals surface area contributed by atoms with E-state index >= 15 is 0 Å². The van der Waals surface area contributed by atoms with Crippen molar-refractivity contribution in [1.29, 1.82) is 0 Å². The van der Waals surface area contributed by atoms with Gasteiger partial charge in [0.25, 0.3) is 0 Å². The topological polar surface area (TPSA) is 20.2 Å². The third-order valence-electron chi connectivity index (χ3n) is 2.88. The number of thiophene rings is 1. The lowest BCUT2D eigenvalue weighted by atomic mass is 10.0. The summed E-state index contributed by atoms with van der Waals surface area (Å²) in [7, 11) is 0. The molecule has 0 spiro atoms. The Balaban J connectivity index is 2.17. The summed E-state index contributed by atoms with van der Waals surface area (Å²) in [5.41, 5.74) is 2.45. The first-order valence-electron chi connectivity index (χ1n) is 5.56. The fraction of sp³-hybridized carbons (Fsp3) is 0.286. The van der Waals surface area contributed by atoms with Crippen LogP contribution in [0, 0.1) is 13.8 Å². The molecular formula is C14H15BrOS. The molecule has 2 rings (SSSR count). The van der Waals surface area contributed by atoms with Crippen LogP contribution in [0.2, 0.25) is 0 Å². The van der Waals surface area contributed by atoms with Crippen molar-refractivity contribution >= 4 is 27.3 Å². The van der Waals surface area contributed by atoms with Crippen LogP contribution in [0.4, 0.5) is 0 Å². The summed E-state index contributed by atoms with van der Waals surface area (Å²) in [6.45, 7) is 4.14. The van der Waals surface area contributed by atoms with E-state index < -0.39 is 6.10 Å². The second-order valence-electron chi connectivity index (χ2n) is 4.20. The number of benzene rings is 1. The fourth-order valence-electron chi connectivity index (χ4n) is 1.79. The van der Waals surface area contributed by atoms with Gasteiger partial charge in [-0.2, -0.15) is 0 Å². The predicted molar refractivity (Wildman–Crippen MR) is 76.6 cm³/mol. The monoisotopic (exact) mass is 310 g/mol. The molecule has 3 heteroatoms. The van der Waals surface area contributed by atoms with Gasteiger partial charge in [0.05, 0.1) is 6.10 Å². The molecule has 2 aromatic rings. The van der Waals surface area contributed by atoms with Crippen LogP contribution in [-0.2, 0) is 6.42 Å². The van der Waals surface area contributed by atoms with Crippen molar-refractivity contribution < 1.29 is 5.11 Å². The van der Waals surface area contributed by atoms with E-state index in [0.717, 1.165) is 9.35 Å². The van der Waals surface area contributed by atoms with E-state index in [1.165, 1.54) is 16.0 Å². The van der Waals surface area contributed by atoms with Crippen molar-refractivity contribution in [3.8, 4) is 0 Å². The SMILES string of the molecule is Cc1ccccc1CC(O)c1cc(Br)c(C)s1.